The lowest BCUT2D eigenvalue weighted by molar-refractivity contribution is 0.670. The predicted octanol–water partition coefficient (Wildman–Crippen LogP) is 13.8. The smallest absolute Gasteiger partial charge is 0.164 e. The summed E-state index contributed by atoms with van der Waals surface area (Å²) in [5.41, 5.74) is 5.98. The van der Waals surface area contributed by atoms with Crippen molar-refractivity contribution in [3.63, 3.8) is 0 Å². The molecule has 9 aromatic carbocycles. The molecule has 0 radical (unpaired) electrons. The van der Waals surface area contributed by atoms with Crippen LogP contribution in [0.4, 0.5) is 0 Å². The number of nitrogens with zero attached hydrogens (tertiary/aromatic N) is 4. The van der Waals surface area contributed by atoms with E-state index in [9.17, 15) is 2.74 Å². The zero-order valence-electron chi connectivity index (χ0n) is 36.7. The van der Waals surface area contributed by atoms with Gasteiger partial charge in [-0.2, -0.15) is 0 Å². The fourth-order valence-corrected chi connectivity index (χ4v) is 8.38. The minimum absolute atomic E-state index is 0.0622. The van der Waals surface area contributed by atoms with Gasteiger partial charge in [0.25, 0.3) is 0 Å². The van der Waals surface area contributed by atoms with Crippen LogP contribution in [0, 0.1) is 0 Å². The van der Waals surface area contributed by atoms with E-state index in [0.717, 1.165) is 54.6 Å². The molecule has 0 bridgehead atoms. The maximum absolute atomic E-state index is 9.34. The van der Waals surface area contributed by atoms with Crippen molar-refractivity contribution in [2.24, 2.45) is 0 Å². The van der Waals surface area contributed by atoms with Gasteiger partial charge in [0.2, 0.25) is 0 Å². The molecule has 0 N–H and O–H groups in total. The Balaban J connectivity index is 1.20. The monoisotopic (exact) mass is 746 g/mol. The fourth-order valence-electron chi connectivity index (χ4n) is 8.38. The van der Waals surface area contributed by atoms with Crippen molar-refractivity contribution in [2.45, 2.75) is 0 Å². The Hall–Kier alpha value is -7.89. The normalized spacial score (nSPS) is 13.2. The maximum Gasteiger partial charge on any atom is 0.164 e. The number of para-hydroxylation sites is 4. The number of fused-ring (bicyclic) bond motifs is 9. The van der Waals surface area contributed by atoms with Gasteiger partial charge in [-0.15, -0.1) is 0 Å². The van der Waals surface area contributed by atoms with E-state index in [1.807, 2.05) is 115 Å². The molecule has 58 heavy (non-hydrogen) atoms. The number of hydrogen-bond donors (Lipinski definition) is 0. The highest BCUT2D eigenvalue weighted by atomic mass is 16.3. The first-order chi connectivity index (χ1) is 31.2. The summed E-state index contributed by atoms with van der Waals surface area (Å²) in [4.78, 5) is 15.5. The SMILES string of the molecule is [2H]c1cc([2H])c2c(c1[2H])c1c([2H])c([2H])cc([2H])c1n2-c1cc(-c2nc(-c3ccccc3)nc(-c3cc4ccccc4c4ccccc34)n2)ccc1-c1cccc2c1oc1ccccc12. The Bertz CT molecular complexity index is 3870. The standard InChI is InChI=1S/C53H32N4O/c1-2-15-33(16-3-1)51-54-52(56-53(55-51)45-31-34-17-4-5-18-36(34)37-19-6-7-20-38(37)45)35-29-30-41(43-24-14-25-44-42-23-10-13-28-49(42)58-50(43)44)48(32-35)57-46-26-11-8-21-39(46)40-22-9-12-27-47(40)57/h1-32H/i8D,9D,21D,22D,26D,27D. The third-order valence-electron chi connectivity index (χ3n) is 11.0. The Labute approximate surface area is 341 Å². The second-order valence-corrected chi connectivity index (χ2v) is 14.3. The van der Waals surface area contributed by atoms with E-state index in [1.165, 1.54) is 12.1 Å². The van der Waals surface area contributed by atoms with E-state index < -0.39 is 0 Å². The summed E-state index contributed by atoms with van der Waals surface area (Å²) in [5, 5.41) is 6.41. The van der Waals surface area contributed by atoms with Crippen molar-refractivity contribution >= 4 is 65.3 Å². The Morgan fingerprint density at radius 1 is 0.414 bits per heavy atom. The largest absolute Gasteiger partial charge is 0.455 e. The number of furan rings is 1. The van der Waals surface area contributed by atoms with E-state index in [4.69, 9.17) is 24.9 Å². The summed E-state index contributed by atoms with van der Waals surface area (Å²) < 4.78 is 62.6. The van der Waals surface area contributed by atoms with Gasteiger partial charge in [0, 0.05) is 49.4 Å². The molecular formula is C53H32N4O. The molecule has 0 saturated heterocycles. The van der Waals surface area contributed by atoms with Crippen LogP contribution in [0.5, 0.6) is 0 Å². The molecule has 0 atom stereocenters. The minimum Gasteiger partial charge on any atom is -0.455 e. The first kappa shape index (κ1) is 26.8. The Kier molecular flexibility index (Phi) is 5.94. The van der Waals surface area contributed by atoms with Gasteiger partial charge in [-0.25, -0.2) is 15.0 Å². The average Bonchev–Trinajstić information content (AvgIpc) is 3.90. The first-order valence-electron chi connectivity index (χ1n) is 22.0. The highest BCUT2D eigenvalue weighted by Crippen LogP contribution is 2.42. The van der Waals surface area contributed by atoms with Gasteiger partial charge in [-0.05, 0) is 51.8 Å². The number of rotatable bonds is 5. The molecule has 0 aliphatic carbocycles. The molecule has 270 valence electrons. The summed E-state index contributed by atoms with van der Waals surface area (Å²) >= 11 is 0. The molecule has 0 unspecified atom stereocenters. The zero-order chi connectivity index (χ0) is 43.4. The third kappa shape index (κ3) is 5.00. The Morgan fingerprint density at radius 2 is 1.05 bits per heavy atom. The van der Waals surface area contributed by atoms with Crippen LogP contribution >= 0.6 is 0 Å². The summed E-state index contributed by atoms with van der Waals surface area (Å²) in [7, 11) is 0. The van der Waals surface area contributed by atoms with Crippen molar-refractivity contribution in [3.05, 3.63) is 194 Å². The van der Waals surface area contributed by atoms with E-state index in [1.54, 1.807) is 4.57 Å². The average molecular weight is 747 g/mol. The molecule has 0 aliphatic rings. The molecule has 0 fully saturated rings. The van der Waals surface area contributed by atoms with Crippen LogP contribution in [0.1, 0.15) is 8.22 Å². The van der Waals surface area contributed by atoms with Crippen molar-refractivity contribution in [1.82, 2.24) is 19.5 Å². The van der Waals surface area contributed by atoms with Crippen LogP contribution in [0.15, 0.2) is 198 Å². The lowest BCUT2D eigenvalue weighted by Crippen LogP contribution is -2.02. The quantitative estimate of drug-likeness (QED) is 0.165. The molecule has 3 aromatic heterocycles. The molecule has 0 spiro atoms. The lowest BCUT2D eigenvalue weighted by atomic mass is 9.96. The van der Waals surface area contributed by atoms with Crippen molar-refractivity contribution in [3.8, 4) is 51.0 Å². The lowest BCUT2D eigenvalue weighted by Gasteiger charge is -2.17. The zero-order valence-corrected chi connectivity index (χ0v) is 30.7. The van der Waals surface area contributed by atoms with E-state index >= 15 is 0 Å². The molecule has 12 aromatic rings. The van der Waals surface area contributed by atoms with Crippen LogP contribution in [0.3, 0.4) is 0 Å². The van der Waals surface area contributed by atoms with Gasteiger partial charge >= 0.3 is 0 Å². The highest BCUT2D eigenvalue weighted by molar-refractivity contribution is 6.14. The van der Waals surface area contributed by atoms with Crippen molar-refractivity contribution in [1.29, 1.82) is 0 Å². The van der Waals surface area contributed by atoms with Gasteiger partial charge in [0.05, 0.1) is 24.9 Å². The van der Waals surface area contributed by atoms with Gasteiger partial charge in [-0.3, -0.25) is 0 Å². The summed E-state index contributed by atoms with van der Waals surface area (Å²) in [6.07, 6.45) is 0. The number of benzene rings is 9. The molecule has 12 rings (SSSR count). The second kappa shape index (κ2) is 12.8. The van der Waals surface area contributed by atoms with Crippen LogP contribution in [-0.4, -0.2) is 19.5 Å². The van der Waals surface area contributed by atoms with Crippen LogP contribution in [0.25, 0.3) is 116 Å². The van der Waals surface area contributed by atoms with E-state index in [2.05, 4.69) is 30.3 Å². The second-order valence-electron chi connectivity index (χ2n) is 14.3. The third-order valence-corrected chi connectivity index (χ3v) is 11.0. The molecule has 5 heteroatoms. The molecule has 0 saturated carbocycles. The minimum atomic E-state index is -0.192. The molecular weight excluding hydrogens is 709 g/mol. The van der Waals surface area contributed by atoms with E-state index in [0.29, 0.717) is 39.9 Å². The summed E-state index contributed by atoms with van der Waals surface area (Å²) in [5.74, 6) is 1.32. The van der Waals surface area contributed by atoms with Gasteiger partial charge < -0.3 is 8.98 Å². The molecule has 5 nitrogen and oxygen atoms in total. The molecule has 0 aliphatic heterocycles. The van der Waals surface area contributed by atoms with Gasteiger partial charge in [-0.1, -0.05) is 164 Å². The van der Waals surface area contributed by atoms with Crippen LogP contribution < -0.4 is 0 Å². The highest BCUT2D eigenvalue weighted by Gasteiger charge is 2.22. The summed E-state index contributed by atoms with van der Waals surface area (Å²) in [6, 6.07) is 49.7. The van der Waals surface area contributed by atoms with Crippen molar-refractivity contribution < 1.29 is 12.6 Å². The Morgan fingerprint density at radius 3 is 1.84 bits per heavy atom. The topological polar surface area (TPSA) is 56.7 Å². The van der Waals surface area contributed by atoms with E-state index in [-0.39, 0.29) is 58.1 Å². The maximum atomic E-state index is 9.34. The number of aromatic nitrogens is 4. The van der Waals surface area contributed by atoms with Crippen molar-refractivity contribution in [2.75, 3.05) is 0 Å². The fraction of sp³-hybridized carbons (Fsp3) is 0. The first-order valence-corrected chi connectivity index (χ1v) is 19.0. The predicted molar refractivity (Wildman–Crippen MR) is 238 cm³/mol. The molecule has 3 heterocycles. The van der Waals surface area contributed by atoms with Crippen LogP contribution in [0.2, 0.25) is 0 Å². The van der Waals surface area contributed by atoms with Gasteiger partial charge in [0.15, 0.2) is 17.5 Å². The van der Waals surface area contributed by atoms with Gasteiger partial charge in [0.1, 0.15) is 11.2 Å². The number of hydrogen-bond acceptors (Lipinski definition) is 4. The van der Waals surface area contributed by atoms with Crippen LogP contribution in [-0.2, 0) is 0 Å². The molecule has 0 amide bonds. The summed E-state index contributed by atoms with van der Waals surface area (Å²) in [6.45, 7) is 0.